The van der Waals surface area contributed by atoms with Gasteiger partial charge in [0, 0.05) is 12.9 Å². The molecule has 0 unspecified atom stereocenters. The lowest BCUT2D eigenvalue weighted by Crippen LogP contribution is -2.31. The quantitative estimate of drug-likeness (QED) is 0.727. The standard InChI is InChI=1S/C11H17NO5S2/c1-3-19(14,15)12-11(13)10-5-4-9(17-10)8-18-7-6-16-2/h4-5H,3,6-8H2,1-2H3,(H,12,13). The predicted octanol–water partition coefficient (Wildman–Crippen LogP) is 1.24. The second-order valence-electron chi connectivity index (χ2n) is 3.65. The first-order valence-electron chi connectivity index (χ1n) is 5.68. The molecule has 0 atom stereocenters. The summed E-state index contributed by atoms with van der Waals surface area (Å²) in [6.45, 7) is 2.10. The van der Waals surface area contributed by atoms with Crippen molar-refractivity contribution >= 4 is 27.7 Å². The Morgan fingerprint density at radius 1 is 1.47 bits per heavy atom. The van der Waals surface area contributed by atoms with Crippen LogP contribution < -0.4 is 4.72 Å². The molecule has 0 saturated carbocycles. The van der Waals surface area contributed by atoms with Crippen molar-refractivity contribution in [2.45, 2.75) is 12.7 Å². The number of rotatable bonds is 8. The number of amides is 1. The van der Waals surface area contributed by atoms with Crippen LogP contribution in [0.4, 0.5) is 0 Å². The Labute approximate surface area is 116 Å². The van der Waals surface area contributed by atoms with Crippen molar-refractivity contribution < 1.29 is 22.4 Å². The van der Waals surface area contributed by atoms with Crippen LogP contribution in [0.1, 0.15) is 23.2 Å². The van der Waals surface area contributed by atoms with E-state index >= 15 is 0 Å². The van der Waals surface area contributed by atoms with Gasteiger partial charge in [-0.2, -0.15) is 11.8 Å². The third-order valence-corrected chi connectivity index (χ3v) is 4.39. The van der Waals surface area contributed by atoms with E-state index in [0.717, 1.165) is 5.75 Å². The van der Waals surface area contributed by atoms with Crippen LogP contribution in [0.2, 0.25) is 0 Å². The fraction of sp³-hybridized carbons (Fsp3) is 0.545. The summed E-state index contributed by atoms with van der Waals surface area (Å²) < 4.78 is 34.6. The molecule has 0 aromatic carbocycles. The lowest BCUT2D eigenvalue weighted by molar-refractivity contribution is 0.0953. The Morgan fingerprint density at radius 3 is 2.84 bits per heavy atom. The summed E-state index contributed by atoms with van der Waals surface area (Å²) in [6.07, 6.45) is 0. The third-order valence-electron chi connectivity index (χ3n) is 2.19. The van der Waals surface area contributed by atoms with Gasteiger partial charge in [0.2, 0.25) is 10.0 Å². The zero-order chi connectivity index (χ0) is 14.3. The molecule has 0 spiro atoms. The zero-order valence-corrected chi connectivity index (χ0v) is 12.5. The zero-order valence-electron chi connectivity index (χ0n) is 10.8. The minimum Gasteiger partial charge on any atom is -0.455 e. The van der Waals surface area contributed by atoms with Crippen LogP contribution in [0.25, 0.3) is 0 Å². The number of thioether (sulfide) groups is 1. The van der Waals surface area contributed by atoms with Gasteiger partial charge in [-0.3, -0.25) is 4.79 Å². The summed E-state index contributed by atoms with van der Waals surface area (Å²) in [6, 6.07) is 3.13. The minimum absolute atomic E-state index is 0.000587. The number of furan rings is 1. The smallest absolute Gasteiger partial charge is 0.300 e. The molecule has 8 heteroatoms. The maximum atomic E-state index is 11.6. The fourth-order valence-corrected chi connectivity index (χ4v) is 2.47. The van der Waals surface area contributed by atoms with Gasteiger partial charge < -0.3 is 9.15 Å². The topological polar surface area (TPSA) is 85.6 Å². The van der Waals surface area contributed by atoms with Gasteiger partial charge in [0.25, 0.3) is 5.91 Å². The van der Waals surface area contributed by atoms with E-state index in [4.69, 9.17) is 9.15 Å². The van der Waals surface area contributed by atoms with Crippen LogP contribution >= 0.6 is 11.8 Å². The van der Waals surface area contributed by atoms with Crippen molar-refractivity contribution in [3.8, 4) is 0 Å². The van der Waals surface area contributed by atoms with Gasteiger partial charge in [-0.15, -0.1) is 0 Å². The number of hydrogen-bond donors (Lipinski definition) is 1. The molecule has 1 aromatic rings. The summed E-state index contributed by atoms with van der Waals surface area (Å²) >= 11 is 1.60. The molecule has 0 bridgehead atoms. The second-order valence-corrected chi connectivity index (χ2v) is 6.76. The molecular weight excluding hydrogens is 290 g/mol. The van der Waals surface area contributed by atoms with E-state index in [2.05, 4.69) is 0 Å². The number of hydrogen-bond acceptors (Lipinski definition) is 6. The molecule has 0 fully saturated rings. The van der Waals surface area contributed by atoms with E-state index in [9.17, 15) is 13.2 Å². The monoisotopic (exact) mass is 307 g/mol. The summed E-state index contributed by atoms with van der Waals surface area (Å²) in [4.78, 5) is 11.6. The summed E-state index contributed by atoms with van der Waals surface area (Å²) in [5.74, 6) is 1.16. The van der Waals surface area contributed by atoms with Gasteiger partial charge in [0.05, 0.1) is 18.1 Å². The Bertz CT molecular complexity index is 509. The predicted molar refractivity (Wildman–Crippen MR) is 73.7 cm³/mol. The maximum Gasteiger partial charge on any atom is 0.300 e. The lowest BCUT2D eigenvalue weighted by Gasteiger charge is -2.02. The molecule has 6 nitrogen and oxygen atoms in total. The number of sulfonamides is 1. The average Bonchev–Trinajstić information content (AvgIpc) is 2.83. The Hall–Kier alpha value is -0.990. The van der Waals surface area contributed by atoms with E-state index in [0.29, 0.717) is 18.1 Å². The summed E-state index contributed by atoms with van der Waals surface area (Å²) in [7, 11) is -1.93. The van der Waals surface area contributed by atoms with Gasteiger partial charge in [-0.25, -0.2) is 13.1 Å². The molecule has 1 rings (SSSR count). The van der Waals surface area contributed by atoms with Crippen LogP contribution in [0.15, 0.2) is 16.5 Å². The molecule has 0 aliphatic carbocycles. The van der Waals surface area contributed by atoms with Crippen LogP contribution in [-0.2, 0) is 20.5 Å². The average molecular weight is 307 g/mol. The molecule has 1 N–H and O–H groups in total. The number of methoxy groups -OCH3 is 1. The molecule has 0 radical (unpaired) electrons. The third kappa shape index (κ3) is 5.66. The van der Waals surface area contributed by atoms with Crippen LogP contribution in [0, 0.1) is 0 Å². The Morgan fingerprint density at radius 2 is 2.21 bits per heavy atom. The van der Waals surface area contributed by atoms with Crippen molar-refractivity contribution in [3.63, 3.8) is 0 Å². The van der Waals surface area contributed by atoms with Gasteiger partial charge in [-0.1, -0.05) is 0 Å². The molecule has 19 heavy (non-hydrogen) atoms. The van der Waals surface area contributed by atoms with Crippen molar-refractivity contribution in [2.75, 3.05) is 25.2 Å². The highest BCUT2D eigenvalue weighted by molar-refractivity contribution is 7.98. The number of ether oxygens (including phenoxy) is 1. The van der Waals surface area contributed by atoms with Gasteiger partial charge in [0.15, 0.2) is 5.76 Å². The fourth-order valence-electron chi connectivity index (χ4n) is 1.16. The maximum absolute atomic E-state index is 11.6. The highest BCUT2D eigenvalue weighted by Gasteiger charge is 2.17. The number of carbonyl (C=O) groups is 1. The van der Waals surface area contributed by atoms with Crippen LogP contribution in [0.5, 0.6) is 0 Å². The Balaban J connectivity index is 2.52. The Kier molecular flexibility index (Phi) is 6.40. The summed E-state index contributed by atoms with van der Waals surface area (Å²) in [5.41, 5.74) is 0. The first kappa shape index (κ1) is 16.1. The van der Waals surface area contributed by atoms with Gasteiger partial charge in [0.1, 0.15) is 5.76 Å². The SMILES string of the molecule is CCS(=O)(=O)NC(=O)c1ccc(CSCCOC)o1. The minimum atomic E-state index is -3.56. The van der Waals surface area contributed by atoms with E-state index in [1.807, 2.05) is 4.72 Å². The van der Waals surface area contributed by atoms with Crippen LogP contribution in [-0.4, -0.2) is 39.5 Å². The molecule has 1 aromatic heterocycles. The van der Waals surface area contributed by atoms with Gasteiger partial charge >= 0.3 is 0 Å². The van der Waals surface area contributed by atoms with E-state index in [1.54, 1.807) is 24.9 Å². The largest absolute Gasteiger partial charge is 0.455 e. The number of carbonyl (C=O) groups excluding carboxylic acids is 1. The van der Waals surface area contributed by atoms with Crippen molar-refractivity contribution in [1.29, 1.82) is 0 Å². The highest BCUT2D eigenvalue weighted by atomic mass is 32.2. The molecular formula is C11H17NO5S2. The molecule has 1 heterocycles. The van der Waals surface area contributed by atoms with Crippen LogP contribution in [0.3, 0.4) is 0 Å². The summed E-state index contributed by atoms with van der Waals surface area (Å²) in [5, 5.41) is 0. The van der Waals surface area contributed by atoms with E-state index in [-0.39, 0.29) is 11.5 Å². The van der Waals surface area contributed by atoms with E-state index < -0.39 is 15.9 Å². The number of nitrogens with one attached hydrogen (secondary N) is 1. The molecule has 1 amide bonds. The van der Waals surface area contributed by atoms with Crippen molar-refractivity contribution in [1.82, 2.24) is 4.72 Å². The van der Waals surface area contributed by atoms with Crippen molar-refractivity contribution in [2.24, 2.45) is 0 Å². The molecule has 0 aliphatic rings. The van der Waals surface area contributed by atoms with Crippen molar-refractivity contribution in [3.05, 3.63) is 23.7 Å². The van der Waals surface area contributed by atoms with E-state index in [1.165, 1.54) is 13.0 Å². The first-order chi connectivity index (χ1) is 8.98. The molecule has 108 valence electrons. The highest BCUT2D eigenvalue weighted by Crippen LogP contribution is 2.15. The molecule has 0 aliphatic heterocycles. The second kappa shape index (κ2) is 7.56. The normalized spacial score (nSPS) is 11.5. The van der Waals surface area contributed by atoms with Gasteiger partial charge in [-0.05, 0) is 19.1 Å². The molecule has 0 saturated heterocycles. The lowest BCUT2D eigenvalue weighted by atomic mass is 10.4. The first-order valence-corrected chi connectivity index (χ1v) is 8.49.